The lowest BCUT2D eigenvalue weighted by atomic mass is 9.75. The van der Waals surface area contributed by atoms with E-state index in [0.717, 1.165) is 50.8 Å². The number of aromatic nitrogens is 1. The number of amides is 2. The second kappa shape index (κ2) is 15.7. The molecule has 51 heavy (non-hydrogen) atoms. The van der Waals surface area contributed by atoms with E-state index < -0.39 is 10.8 Å². The van der Waals surface area contributed by atoms with Crippen LogP contribution in [0.25, 0.3) is 11.3 Å². The van der Waals surface area contributed by atoms with Crippen molar-refractivity contribution in [3.8, 4) is 17.0 Å². The number of carbonyl (C=O) groups excluding carboxylic acids is 2. The molecule has 8 heteroatoms. The summed E-state index contributed by atoms with van der Waals surface area (Å²) in [5, 5.41) is 3.18. The van der Waals surface area contributed by atoms with Crippen molar-refractivity contribution in [2.45, 2.75) is 17.2 Å². The van der Waals surface area contributed by atoms with E-state index in [9.17, 15) is 9.59 Å². The molecule has 0 aliphatic carbocycles. The Kier molecular flexibility index (Phi) is 10.3. The van der Waals surface area contributed by atoms with E-state index in [1.807, 2.05) is 158 Å². The summed E-state index contributed by atoms with van der Waals surface area (Å²) in [6.45, 7) is 0.577. The molecular formula is C43H35N3O4S. The smallest absolute Gasteiger partial charge is 0.290 e. The zero-order valence-electron chi connectivity index (χ0n) is 27.7. The van der Waals surface area contributed by atoms with Crippen LogP contribution in [0.2, 0.25) is 0 Å². The summed E-state index contributed by atoms with van der Waals surface area (Å²) in [7, 11) is 0. The van der Waals surface area contributed by atoms with Crippen LogP contribution in [0, 0.1) is 0 Å². The third-order valence-electron chi connectivity index (χ3n) is 8.75. The number of hydrogen-bond acceptors (Lipinski definition) is 7. The Morgan fingerprint density at radius 3 is 1.80 bits per heavy atom. The number of hydrogen-bond donors (Lipinski definition) is 0. The van der Waals surface area contributed by atoms with Crippen molar-refractivity contribution in [3.63, 3.8) is 0 Å². The topological polar surface area (TPSA) is 81.1 Å². The fourth-order valence-electron chi connectivity index (χ4n) is 6.36. The van der Waals surface area contributed by atoms with Crippen LogP contribution in [-0.2, 0) is 21.6 Å². The number of nitrogens with zero attached hydrogens (tertiary/aromatic N) is 3. The quantitative estimate of drug-likeness (QED) is 0.0522. The first kappa shape index (κ1) is 33.5. The van der Waals surface area contributed by atoms with Crippen molar-refractivity contribution in [3.05, 3.63) is 192 Å². The van der Waals surface area contributed by atoms with Gasteiger partial charge in [-0.05, 0) is 52.9 Å². The van der Waals surface area contributed by atoms with Gasteiger partial charge in [-0.1, -0.05) is 150 Å². The van der Waals surface area contributed by atoms with Gasteiger partial charge in [-0.2, -0.15) is 0 Å². The summed E-state index contributed by atoms with van der Waals surface area (Å²) in [6.07, 6.45) is 3.78. The molecule has 1 unspecified atom stereocenters. The summed E-state index contributed by atoms with van der Waals surface area (Å²) in [6, 6.07) is 50.9. The van der Waals surface area contributed by atoms with E-state index in [1.165, 1.54) is 4.90 Å². The molecule has 0 radical (unpaired) electrons. The van der Waals surface area contributed by atoms with Crippen LogP contribution in [0.15, 0.2) is 169 Å². The molecule has 1 aliphatic rings. The molecule has 0 saturated carbocycles. The first-order chi connectivity index (χ1) is 25.1. The van der Waals surface area contributed by atoms with Gasteiger partial charge in [0.15, 0.2) is 6.61 Å². The van der Waals surface area contributed by atoms with Crippen LogP contribution in [0.5, 0.6) is 5.75 Å². The molecule has 1 saturated heterocycles. The Hall–Kier alpha value is -5.99. The first-order valence-corrected chi connectivity index (χ1v) is 17.6. The van der Waals surface area contributed by atoms with Crippen LogP contribution >= 0.6 is 11.8 Å². The lowest BCUT2D eigenvalue weighted by molar-refractivity contribution is -0.129. The van der Waals surface area contributed by atoms with Crippen LogP contribution in [0.4, 0.5) is 4.79 Å². The van der Waals surface area contributed by atoms with Gasteiger partial charge in [0.1, 0.15) is 17.9 Å². The van der Waals surface area contributed by atoms with Gasteiger partial charge in [-0.25, -0.2) is 0 Å². The van der Waals surface area contributed by atoms with Gasteiger partial charge < -0.3 is 9.57 Å². The normalized spacial score (nSPS) is 14.6. The van der Waals surface area contributed by atoms with Gasteiger partial charge >= 0.3 is 0 Å². The molecule has 1 aromatic heterocycles. The van der Waals surface area contributed by atoms with E-state index in [-0.39, 0.29) is 17.8 Å². The van der Waals surface area contributed by atoms with Gasteiger partial charge in [0.25, 0.3) is 5.24 Å². The van der Waals surface area contributed by atoms with Crippen molar-refractivity contribution in [1.82, 2.24) is 9.88 Å². The first-order valence-electron chi connectivity index (χ1n) is 16.7. The Morgan fingerprint density at radius 2 is 1.25 bits per heavy atom. The highest BCUT2D eigenvalue weighted by molar-refractivity contribution is 8.15. The average molecular weight is 690 g/mol. The van der Waals surface area contributed by atoms with Gasteiger partial charge in [0, 0.05) is 17.3 Å². The highest BCUT2D eigenvalue weighted by Crippen LogP contribution is 2.47. The number of pyridine rings is 1. The second-order valence-corrected chi connectivity index (χ2v) is 13.1. The predicted molar refractivity (Wildman–Crippen MR) is 202 cm³/mol. The average Bonchev–Trinajstić information content (AvgIpc) is 3.47. The Bertz CT molecular complexity index is 1980. The molecule has 1 atom stereocenters. The maximum absolute atomic E-state index is 14.4. The van der Waals surface area contributed by atoms with E-state index in [1.54, 1.807) is 12.4 Å². The van der Waals surface area contributed by atoms with Crippen LogP contribution in [0.3, 0.4) is 0 Å². The minimum Gasteiger partial charge on any atom is -0.490 e. The number of oxime groups is 1. The monoisotopic (exact) mass is 689 g/mol. The standard InChI is InChI=1S/C43H35N3O4S/c47-41-40(51-42(48)46(41)43(35-15-7-2-8-16-35,36-17-9-3-10-18-36)37-19-11-4-12-20-37)29-32-21-24-38(25-22-32)49-27-28-50-45-31-33-23-26-39(44-30-33)34-13-5-1-6-14-34/h1-26,30-31,40H,27-29H2/b45-31+. The molecule has 1 fully saturated rings. The molecule has 6 aromatic rings. The summed E-state index contributed by atoms with van der Waals surface area (Å²) < 4.78 is 5.85. The molecule has 2 heterocycles. The minimum atomic E-state index is -1.13. The van der Waals surface area contributed by atoms with Gasteiger partial charge in [-0.15, -0.1) is 0 Å². The number of imide groups is 1. The number of rotatable bonds is 13. The maximum atomic E-state index is 14.4. The molecule has 1 aliphatic heterocycles. The summed E-state index contributed by atoms with van der Waals surface area (Å²) in [5.74, 6) is 0.453. The molecule has 2 amide bonds. The fourth-order valence-corrected chi connectivity index (χ4v) is 7.42. The van der Waals surface area contributed by atoms with E-state index in [4.69, 9.17) is 9.57 Å². The van der Waals surface area contributed by atoms with E-state index in [2.05, 4.69) is 10.1 Å². The molecule has 252 valence electrons. The van der Waals surface area contributed by atoms with E-state index >= 15 is 0 Å². The Labute approximate surface area is 301 Å². The predicted octanol–water partition coefficient (Wildman–Crippen LogP) is 8.78. The lowest BCUT2D eigenvalue weighted by Gasteiger charge is -2.42. The van der Waals surface area contributed by atoms with Crippen molar-refractivity contribution in [2.75, 3.05) is 13.2 Å². The largest absolute Gasteiger partial charge is 0.490 e. The number of ether oxygens (including phenoxy) is 1. The Balaban J connectivity index is 0.984. The molecule has 5 aromatic carbocycles. The van der Waals surface area contributed by atoms with Crippen molar-refractivity contribution >= 4 is 29.1 Å². The molecule has 0 N–H and O–H groups in total. The summed E-state index contributed by atoms with van der Waals surface area (Å²) in [4.78, 5) is 39.7. The van der Waals surface area contributed by atoms with Crippen molar-refractivity contribution in [2.24, 2.45) is 5.16 Å². The van der Waals surface area contributed by atoms with Gasteiger partial charge in [0.2, 0.25) is 5.91 Å². The third kappa shape index (κ3) is 7.32. The van der Waals surface area contributed by atoms with E-state index in [0.29, 0.717) is 18.8 Å². The molecule has 0 bridgehead atoms. The van der Waals surface area contributed by atoms with Crippen LogP contribution < -0.4 is 4.74 Å². The fraction of sp³-hybridized carbons (Fsp3) is 0.116. The molecule has 7 rings (SSSR count). The van der Waals surface area contributed by atoms with Crippen molar-refractivity contribution < 1.29 is 19.2 Å². The van der Waals surface area contributed by atoms with Crippen LogP contribution in [0.1, 0.15) is 27.8 Å². The number of thioether (sulfide) groups is 1. The SMILES string of the molecule is O=C1SC(Cc2ccc(OCCO/N=C/c3ccc(-c4ccccc4)nc3)cc2)C(=O)N1C(c1ccccc1)(c1ccccc1)c1ccccc1. The third-order valence-corrected chi connectivity index (χ3v) is 9.79. The summed E-state index contributed by atoms with van der Waals surface area (Å²) in [5.41, 5.74) is 5.12. The molecule has 0 spiro atoms. The zero-order valence-corrected chi connectivity index (χ0v) is 28.6. The molecular weight excluding hydrogens is 655 g/mol. The number of benzene rings is 5. The summed E-state index contributed by atoms with van der Waals surface area (Å²) >= 11 is 1.08. The lowest BCUT2D eigenvalue weighted by Crippen LogP contribution is -2.51. The highest BCUT2D eigenvalue weighted by atomic mass is 32.2. The highest BCUT2D eigenvalue weighted by Gasteiger charge is 2.53. The van der Waals surface area contributed by atoms with Gasteiger partial charge in [-0.3, -0.25) is 19.5 Å². The van der Waals surface area contributed by atoms with Gasteiger partial charge in [0.05, 0.1) is 17.2 Å². The number of carbonyl (C=O) groups is 2. The Morgan fingerprint density at radius 1 is 0.686 bits per heavy atom. The van der Waals surface area contributed by atoms with Crippen molar-refractivity contribution in [1.29, 1.82) is 0 Å². The van der Waals surface area contributed by atoms with Crippen LogP contribution in [-0.4, -0.2) is 45.7 Å². The maximum Gasteiger partial charge on any atom is 0.290 e. The second-order valence-electron chi connectivity index (χ2n) is 12.0. The minimum absolute atomic E-state index is 0.220. The molecule has 7 nitrogen and oxygen atoms in total. The zero-order chi connectivity index (χ0) is 34.9.